The lowest BCUT2D eigenvalue weighted by atomic mass is 9.68. The van der Waals surface area contributed by atoms with Crippen LogP contribution in [0.15, 0.2) is 48.6 Å². The second-order valence-electron chi connectivity index (χ2n) is 12.3. The van der Waals surface area contributed by atoms with E-state index in [-0.39, 0.29) is 35.8 Å². The Balaban J connectivity index is 1.41. The van der Waals surface area contributed by atoms with Crippen molar-refractivity contribution in [3.05, 3.63) is 70.3 Å². The van der Waals surface area contributed by atoms with Crippen molar-refractivity contribution in [3.8, 4) is 5.75 Å². The Morgan fingerprint density at radius 2 is 2.05 bits per heavy atom. The van der Waals surface area contributed by atoms with Gasteiger partial charge in [0.2, 0.25) is 10.0 Å². The third kappa shape index (κ3) is 5.68. The molecule has 1 saturated carbocycles. The highest BCUT2D eigenvalue weighted by atomic mass is 35.5. The van der Waals surface area contributed by atoms with E-state index in [2.05, 4.69) is 21.8 Å². The molecule has 2 aliphatic carbocycles. The summed E-state index contributed by atoms with van der Waals surface area (Å²) in [6.07, 6.45) is 8.66. The van der Waals surface area contributed by atoms with E-state index in [4.69, 9.17) is 21.1 Å². The minimum atomic E-state index is -4.01. The highest BCUT2D eigenvalue weighted by Gasteiger charge is 2.44. The number of allylic oxidation sites excluding steroid dienone is 1. The molecule has 0 radical (unpaired) electrons. The number of hydrogen-bond donors (Lipinski definition) is 2. The first kappa shape index (κ1) is 29.5. The number of aryl methyl sites for hydroxylation is 1. The molecule has 4 aliphatic rings. The molecule has 0 unspecified atom stereocenters. The lowest BCUT2D eigenvalue weighted by Crippen LogP contribution is -2.49. The first-order valence-corrected chi connectivity index (χ1v) is 16.8. The number of rotatable bonds is 2. The number of anilines is 1. The zero-order chi connectivity index (χ0) is 29.5. The predicted octanol–water partition coefficient (Wildman–Crippen LogP) is 4.62. The van der Waals surface area contributed by atoms with Gasteiger partial charge in [0, 0.05) is 36.2 Å². The number of carbonyl (C=O) groups is 1. The standard InChI is InChI=1S/C32H39ClN2O6S/c1-40-18-25-6-2-3-7-29(36)26-11-8-23(26)17-35-19-32(14-4-5-21-15-24(33)10-12-27(21)32)20-41-30-13-9-22(16-28(30)35)31(37)34-42(25,38)39/h3,7,9-10,12-13,15-16,23,25-26,29,36H,2,4-6,8,11,14,17-20H2,1H3,(H,34,37)/b7-3-/t23-,25-,26+,29-,32-/m0/s1. The lowest BCUT2D eigenvalue weighted by molar-refractivity contribution is 0.0456. The van der Waals surface area contributed by atoms with Gasteiger partial charge in [0.15, 0.2) is 0 Å². The van der Waals surface area contributed by atoms with Crippen molar-refractivity contribution in [3.63, 3.8) is 0 Å². The van der Waals surface area contributed by atoms with Gasteiger partial charge < -0.3 is 19.5 Å². The molecule has 5 atom stereocenters. The van der Waals surface area contributed by atoms with E-state index < -0.39 is 27.3 Å². The van der Waals surface area contributed by atoms with E-state index in [9.17, 15) is 18.3 Å². The van der Waals surface area contributed by atoms with E-state index in [0.29, 0.717) is 31.9 Å². The normalized spacial score (nSPS) is 31.5. The van der Waals surface area contributed by atoms with Gasteiger partial charge in [-0.3, -0.25) is 4.79 Å². The SMILES string of the molecule is COC[C@@H]1CC/C=C\[C@H](O)[C@@H]2CC[C@H]2CN2C[C@@]3(CCCc4cc(Cl)ccc43)COc3ccc(cc32)C(=O)NS1(=O)=O. The molecule has 10 heteroatoms. The summed E-state index contributed by atoms with van der Waals surface area (Å²) in [4.78, 5) is 15.7. The van der Waals surface area contributed by atoms with Crippen molar-refractivity contribution in [2.75, 3.05) is 38.3 Å². The molecule has 1 fully saturated rings. The van der Waals surface area contributed by atoms with E-state index >= 15 is 0 Å². The van der Waals surface area contributed by atoms with Gasteiger partial charge in [0.1, 0.15) is 11.0 Å². The monoisotopic (exact) mass is 614 g/mol. The molecule has 2 N–H and O–H groups in total. The number of fused-ring (bicyclic) bond motifs is 4. The zero-order valence-corrected chi connectivity index (χ0v) is 25.5. The van der Waals surface area contributed by atoms with E-state index in [1.807, 2.05) is 12.1 Å². The molecule has 226 valence electrons. The summed E-state index contributed by atoms with van der Waals surface area (Å²) in [6, 6.07) is 11.3. The number of benzene rings is 2. The maximum absolute atomic E-state index is 13.4. The maximum Gasteiger partial charge on any atom is 0.264 e. The summed E-state index contributed by atoms with van der Waals surface area (Å²) in [7, 11) is -2.57. The molecule has 0 aromatic heterocycles. The summed E-state index contributed by atoms with van der Waals surface area (Å²) in [5.74, 6) is 0.380. The van der Waals surface area contributed by atoms with Crippen LogP contribution >= 0.6 is 11.6 Å². The Morgan fingerprint density at radius 1 is 1.19 bits per heavy atom. The van der Waals surface area contributed by atoms with Gasteiger partial charge >= 0.3 is 0 Å². The van der Waals surface area contributed by atoms with Gasteiger partial charge in [-0.25, -0.2) is 13.1 Å². The fraction of sp³-hybridized carbons (Fsp3) is 0.531. The van der Waals surface area contributed by atoms with Gasteiger partial charge in [-0.2, -0.15) is 0 Å². The number of aliphatic hydroxyl groups is 1. The first-order chi connectivity index (χ1) is 20.2. The Hall–Kier alpha value is -2.59. The quantitative estimate of drug-likeness (QED) is 0.476. The first-order valence-electron chi connectivity index (χ1n) is 14.9. The molecule has 6 rings (SSSR count). The highest BCUT2D eigenvalue weighted by Crippen LogP contribution is 2.46. The maximum atomic E-state index is 13.4. The number of nitrogens with one attached hydrogen (secondary N) is 1. The molecular weight excluding hydrogens is 576 g/mol. The van der Waals surface area contributed by atoms with Crippen molar-refractivity contribution in [2.45, 2.75) is 61.7 Å². The minimum absolute atomic E-state index is 0.0374. The summed E-state index contributed by atoms with van der Waals surface area (Å²) in [5.41, 5.74) is 3.25. The Labute approximate surface area is 253 Å². The number of halogens is 1. The number of aliphatic hydroxyl groups excluding tert-OH is 1. The van der Waals surface area contributed by atoms with Crippen molar-refractivity contribution < 1.29 is 27.8 Å². The molecule has 2 aromatic carbocycles. The van der Waals surface area contributed by atoms with Crippen LogP contribution in [-0.4, -0.2) is 64.2 Å². The lowest BCUT2D eigenvalue weighted by Gasteiger charge is -2.45. The highest BCUT2D eigenvalue weighted by molar-refractivity contribution is 7.90. The fourth-order valence-electron chi connectivity index (χ4n) is 7.26. The van der Waals surface area contributed by atoms with Gasteiger partial charge in [-0.1, -0.05) is 29.8 Å². The molecule has 2 heterocycles. The number of nitrogens with zero attached hydrogens (tertiary/aromatic N) is 1. The third-order valence-electron chi connectivity index (χ3n) is 9.68. The van der Waals surface area contributed by atoms with Gasteiger partial charge in [-0.05, 0) is 98.2 Å². The summed E-state index contributed by atoms with van der Waals surface area (Å²) >= 11 is 6.38. The molecular formula is C32H39ClN2O6S. The number of carbonyl (C=O) groups excluding carboxylic acids is 1. The van der Waals surface area contributed by atoms with Crippen LogP contribution < -0.4 is 14.4 Å². The summed E-state index contributed by atoms with van der Waals surface area (Å²) in [5, 5.41) is 10.9. The summed E-state index contributed by atoms with van der Waals surface area (Å²) in [6.45, 7) is 1.84. The fourth-order valence-corrected chi connectivity index (χ4v) is 8.75. The molecule has 2 aromatic rings. The Morgan fingerprint density at radius 3 is 2.83 bits per heavy atom. The zero-order valence-electron chi connectivity index (χ0n) is 23.9. The Kier molecular flexibility index (Phi) is 8.30. The largest absolute Gasteiger partial charge is 0.490 e. The van der Waals surface area contributed by atoms with E-state index in [1.165, 1.54) is 18.2 Å². The third-order valence-corrected chi connectivity index (χ3v) is 11.6. The molecule has 2 aliphatic heterocycles. The second-order valence-corrected chi connectivity index (χ2v) is 14.7. The molecule has 1 spiro atoms. The number of methoxy groups -OCH3 is 1. The molecule has 0 saturated heterocycles. The average Bonchev–Trinajstić information content (AvgIpc) is 3.09. The van der Waals surface area contributed by atoms with Crippen LogP contribution in [0.5, 0.6) is 5.75 Å². The topological polar surface area (TPSA) is 105 Å². The van der Waals surface area contributed by atoms with Crippen LogP contribution in [0.2, 0.25) is 5.02 Å². The predicted molar refractivity (Wildman–Crippen MR) is 163 cm³/mol. The summed E-state index contributed by atoms with van der Waals surface area (Å²) < 4.78 is 40.4. The number of sulfonamides is 1. The number of amides is 1. The molecule has 42 heavy (non-hydrogen) atoms. The van der Waals surface area contributed by atoms with Gasteiger partial charge in [0.25, 0.3) is 5.91 Å². The smallest absolute Gasteiger partial charge is 0.264 e. The van der Waals surface area contributed by atoms with Crippen LogP contribution in [-0.2, 0) is 26.6 Å². The van der Waals surface area contributed by atoms with Gasteiger partial charge in [-0.15, -0.1) is 0 Å². The number of hydrogen-bond acceptors (Lipinski definition) is 7. The van der Waals surface area contributed by atoms with Crippen molar-refractivity contribution in [1.82, 2.24) is 4.72 Å². The van der Waals surface area contributed by atoms with Crippen LogP contribution in [0.4, 0.5) is 5.69 Å². The van der Waals surface area contributed by atoms with Crippen molar-refractivity contribution >= 4 is 33.2 Å². The second kappa shape index (κ2) is 11.8. The van der Waals surface area contributed by atoms with Crippen molar-refractivity contribution in [1.29, 1.82) is 0 Å². The van der Waals surface area contributed by atoms with Crippen LogP contribution in [0.3, 0.4) is 0 Å². The Bertz CT molecular complexity index is 1480. The molecule has 1 amide bonds. The number of ether oxygens (including phenoxy) is 2. The average molecular weight is 615 g/mol. The molecule has 2 bridgehead atoms. The van der Waals surface area contributed by atoms with Crippen LogP contribution in [0, 0.1) is 11.8 Å². The minimum Gasteiger partial charge on any atom is -0.490 e. The molecule has 8 nitrogen and oxygen atoms in total. The van der Waals surface area contributed by atoms with E-state index in [1.54, 1.807) is 24.3 Å². The van der Waals surface area contributed by atoms with Crippen molar-refractivity contribution in [2.24, 2.45) is 11.8 Å². The van der Waals surface area contributed by atoms with Gasteiger partial charge in [0.05, 0.1) is 25.0 Å². The van der Waals surface area contributed by atoms with Crippen LogP contribution in [0.25, 0.3) is 0 Å². The van der Waals surface area contributed by atoms with E-state index in [0.717, 1.165) is 42.8 Å². The van der Waals surface area contributed by atoms with Crippen LogP contribution in [0.1, 0.15) is 60.0 Å².